The van der Waals surface area contributed by atoms with Crippen molar-refractivity contribution in [3.8, 4) is 0 Å². The first-order chi connectivity index (χ1) is 5.91. The van der Waals surface area contributed by atoms with Gasteiger partial charge in [0, 0.05) is 10.5 Å². The van der Waals surface area contributed by atoms with Crippen LogP contribution in [0.3, 0.4) is 0 Å². The second kappa shape index (κ2) is 7.05. The van der Waals surface area contributed by atoms with Crippen LogP contribution < -0.4 is 0 Å². The molecule has 0 bridgehead atoms. The van der Waals surface area contributed by atoms with Crippen molar-refractivity contribution in [2.45, 2.75) is 69.0 Å². The molecular formula is C11H24S2. The smallest absolute Gasteiger partial charge is 0.00317 e. The van der Waals surface area contributed by atoms with E-state index in [9.17, 15) is 0 Å². The molecule has 0 aliphatic rings. The molecule has 0 N–H and O–H groups in total. The molecule has 0 spiro atoms. The average molecular weight is 220 g/mol. The van der Waals surface area contributed by atoms with Crippen LogP contribution in [-0.4, -0.2) is 21.0 Å². The van der Waals surface area contributed by atoms with Crippen molar-refractivity contribution in [3.05, 3.63) is 0 Å². The zero-order valence-electron chi connectivity index (χ0n) is 9.83. The molecule has 80 valence electrons. The van der Waals surface area contributed by atoms with Crippen molar-refractivity contribution in [2.24, 2.45) is 0 Å². The Labute approximate surface area is 92.6 Å². The molecule has 0 amide bonds. The standard InChI is InChI=1S/C11H24S2/c1-8(2)12-10(5)7-11(6)13-9(3)4/h8-11H,7H2,1-6H3. The van der Waals surface area contributed by atoms with Crippen molar-refractivity contribution in [2.75, 3.05) is 0 Å². The first kappa shape index (κ1) is 13.7. The summed E-state index contributed by atoms with van der Waals surface area (Å²) in [6, 6.07) is 0. The molecule has 0 aliphatic heterocycles. The Morgan fingerprint density at radius 2 is 1.00 bits per heavy atom. The average Bonchev–Trinajstić information content (AvgIpc) is 1.80. The molecule has 0 nitrogen and oxygen atoms in total. The minimum Gasteiger partial charge on any atom is -0.156 e. The Kier molecular flexibility index (Phi) is 7.43. The van der Waals surface area contributed by atoms with Gasteiger partial charge in [-0.2, -0.15) is 23.5 Å². The fourth-order valence-electron chi connectivity index (χ4n) is 1.51. The third-order valence-electron chi connectivity index (χ3n) is 1.67. The van der Waals surface area contributed by atoms with E-state index >= 15 is 0 Å². The lowest BCUT2D eigenvalue weighted by Crippen LogP contribution is -2.10. The van der Waals surface area contributed by atoms with Gasteiger partial charge in [0.15, 0.2) is 0 Å². The minimum absolute atomic E-state index is 0.770. The van der Waals surface area contributed by atoms with Crippen LogP contribution in [0.5, 0.6) is 0 Å². The van der Waals surface area contributed by atoms with Gasteiger partial charge in [-0.25, -0.2) is 0 Å². The minimum atomic E-state index is 0.770. The Bertz CT molecular complexity index is 107. The lowest BCUT2D eigenvalue weighted by molar-refractivity contribution is 0.795. The summed E-state index contributed by atoms with van der Waals surface area (Å²) in [5.41, 5.74) is 0. The summed E-state index contributed by atoms with van der Waals surface area (Å²) < 4.78 is 0. The normalized spacial score (nSPS) is 16.6. The van der Waals surface area contributed by atoms with Crippen molar-refractivity contribution < 1.29 is 0 Å². The summed E-state index contributed by atoms with van der Waals surface area (Å²) in [4.78, 5) is 0. The summed E-state index contributed by atoms with van der Waals surface area (Å²) in [7, 11) is 0. The van der Waals surface area contributed by atoms with Gasteiger partial charge >= 0.3 is 0 Å². The molecule has 0 aromatic carbocycles. The summed E-state index contributed by atoms with van der Waals surface area (Å²) in [6.45, 7) is 13.8. The zero-order valence-corrected chi connectivity index (χ0v) is 11.5. The van der Waals surface area contributed by atoms with Gasteiger partial charge in [0.1, 0.15) is 0 Å². The first-order valence-electron chi connectivity index (χ1n) is 5.22. The first-order valence-corrected chi connectivity index (χ1v) is 7.11. The Morgan fingerprint density at radius 1 is 0.692 bits per heavy atom. The van der Waals surface area contributed by atoms with E-state index in [0.717, 1.165) is 21.0 Å². The maximum atomic E-state index is 2.35. The highest BCUT2D eigenvalue weighted by atomic mass is 32.2. The molecule has 0 aliphatic carbocycles. The maximum absolute atomic E-state index is 2.35. The van der Waals surface area contributed by atoms with E-state index in [1.165, 1.54) is 6.42 Å². The predicted molar refractivity (Wildman–Crippen MR) is 69.0 cm³/mol. The maximum Gasteiger partial charge on any atom is 0.00317 e. The number of rotatable bonds is 6. The van der Waals surface area contributed by atoms with E-state index < -0.39 is 0 Å². The molecule has 2 heteroatoms. The molecule has 0 saturated carbocycles. The fourth-order valence-corrected chi connectivity index (χ4v) is 4.29. The number of hydrogen-bond acceptors (Lipinski definition) is 2. The summed E-state index contributed by atoms with van der Waals surface area (Å²) >= 11 is 4.19. The molecule has 0 aromatic rings. The van der Waals surface area contributed by atoms with Crippen molar-refractivity contribution in [1.29, 1.82) is 0 Å². The van der Waals surface area contributed by atoms with Crippen LogP contribution in [0.1, 0.15) is 48.0 Å². The van der Waals surface area contributed by atoms with Gasteiger partial charge in [-0.3, -0.25) is 0 Å². The van der Waals surface area contributed by atoms with Crippen LogP contribution in [0.4, 0.5) is 0 Å². The molecule has 0 rings (SSSR count). The number of thioether (sulfide) groups is 2. The molecule has 0 aromatic heterocycles. The van der Waals surface area contributed by atoms with Gasteiger partial charge < -0.3 is 0 Å². The van der Waals surface area contributed by atoms with E-state index in [4.69, 9.17) is 0 Å². The Hall–Kier alpha value is 0.700. The third kappa shape index (κ3) is 9.01. The van der Waals surface area contributed by atoms with E-state index in [2.05, 4.69) is 65.1 Å². The second-order valence-corrected chi connectivity index (χ2v) is 8.27. The quantitative estimate of drug-likeness (QED) is 0.649. The summed E-state index contributed by atoms with van der Waals surface area (Å²) in [5.74, 6) is 0. The lowest BCUT2D eigenvalue weighted by Gasteiger charge is -2.19. The van der Waals surface area contributed by atoms with Gasteiger partial charge in [0.25, 0.3) is 0 Å². The third-order valence-corrected chi connectivity index (χ3v) is 4.08. The zero-order chi connectivity index (χ0) is 10.4. The monoisotopic (exact) mass is 220 g/mol. The largest absolute Gasteiger partial charge is 0.156 e. The van der Waals surface area contributed by atoms with E-state index in [1.54, 1.807) is 0 Å². The topological polar surface area (TPSA) is 0 Å². The highest BCUT2D eigenvalue weighted by Gasteiger charge is 2.11. The van der Waals surface area contributed by atoms with Crippen molar-refractivity contribution >= 4 is 23.5 Å². The Morgan fingerprint density at radius 3 is 1.23 bits per heavy atom. The van der Waals surface area contributed by atoms with Gasteiger partial charge in [-0.05, 0) is 16.9 Å². The van der Waals surface area contributed by atoms with Gasteiger partial charge in [-0.15, -0.1) is 0 Å². The number of hydrogen-bond donors (Lipinski definition) is 0. The molecular weight excluding hydrogens is 196 g/mol. The van der Waals surface area contributed by atoms with Crippen molar-refractivity contribution in [3.63, 3.8) is 0 Å². The van der Waals surface area contributed by atoms with Gasteiger partial charge in [0.05, 0.1) is 0 Å². The highest BCUT2D eigenvalue weighted by molar-refractivity contribution is 8.01. The molecule has 13 heavy (non-hydrogen) atoms. The fraction of sp³-hybridized carbons (Fsp3) is 1.00. The van der Waals surface area contributed by atoms with E-state index in [0.29, 0.717) is 0 Å². The molecule has 0 radical (unpaired) electrons. The van der Waals surface area contributed by atoms with Crippen LogP contribution in [0.2, 0.25) is 0 Å². The molecule has 0 heterocycles. The van der Waals surface area contributed by atoms with E-state index in [-0.39, 0.29) is 0 Å². The lowest BCUT2D eigenvalue weighted by atomic mass is 10.3. The Balaban J connectivity index is 3.58. The highest BCUT2D eigenvalue weighted by Crippen LogP contribution is 2.27. The van der Waals surface area contributed by atoms with Gasteiger partial charge in [-0.1, -0.05) is 41.5 Å². The SMILES string of the molecule is CC(C)SC(C)CC(C)SC(C)C. The van der Waals surface area contributed by atoms with Crippen LogP contribution in [0.15, 0.2) is 0 Å². The van der Waals surface area contributed by atoms with Crippen LogP contribution >= 0.6 is 23.5 Å². The molecule has 2 unspecified atom stereocenters. The van der Waals surface area contributed by atoms with Gasteiger partial charge in [0.2, 0.25) is 0 Å². The summed E-state index contributed by atoms with van der Waals surface area (Å²) in [6.07, 6.45) is 1.34. The molecule has 2 atom stereocenters. The second-order valence-electron chi connectivity index (χ2n) is 4.23. The predicted octanol–water partition coefficient (Wildman–Crippen LogP) is 4.44. The molecule has 0 fully saturated rings. The molecule has 0 saturated heterocycles. The van der Waals surface area contributed by atoms with Crippen molar-refractivity contribution in [1.82, 2.24) is 0 Å². The van der Waals surface area contributed by atoms with E-state index in [1.807, 2.05) is 0 Å². The summed E-state index contributed by atoms with van der Waals surface area (Å²) in [5, 5.41) is 3.15. The van der Waals surface area contributed by atoms with Crippen LogP contribution in [0.25, 0.3) is 0 Å². The van der Waals surface area contributed by atoms with Crippen LogP contribution in [-0.2, 0) is 0 Å². The van der Waals surface area contributed by atoms with Crippen LogP contribution in [0, 0.1) is 0 Å².